The molecule has 7 heteroatoms. The molecule has 3 aromatic heterocycles. The van der Waals surface area contributed by atoms with Crippen molar-refractivity contribution >= 4 is 32.9 Å². The van der Waals surface area contributed by atoms with Gasteiger partial charge in [0.1, 0.15) is 10.7 Å². The average Bonchev–Trinajstić information content (AvgIpc) is 3.47. The van der Waals surface area contributed by atoms with Crippen molar-refractivity contribution in [2.24, 2.45) is 5.92 Å². The van der Waals surface area contributed by atoms with E-state index in [1.807, 2.05) is 10.6 Å². The van der Waals surface area contributed by atoms with Gasteiger partial charge in [-0.05, 0) is 56.1 Å². The van der Waals surface area contributed by atoms with Gasteiger partial charge in [-0.3, -0.25) is 14.3 Å². The van der Waals surface area contributed by atoms with Crippen molar-refractivity contribution in [3.8, 4) is 10.4 Å². The number of hydrogen-bond acceptors (Lipinski definition) is 6. The number of nitrogens with zero attached hydrogens (tertiary/aromatic N) is 3. The molecule has 2 fully saturated rings. The van der Waals surface area contributed by atoms with E-state index in [9.17, 15) is 4.79 Å². The van der Waals surface area contributed by atoms with Crippen LogP contribution in [-0.2, 0) is 17.8 Å². The van der Waals surface area contributed by atoms with Crippen molar-refractivity contribution in [2.45, 2.75) is 51.8 Å². The minimum Gasteiger partial charge on any atom is -0.376 e. The summed E-state index contributed by atoms with van der Waals surface area (Å²) in [5, 5.41) is 4.92. The molecular formula is C22H27N3O2S2. The van der Waals surface area contributed by atoms with E-state index in [-0.39, 0.29) is 11.7 Å². The molecule has 154 valence electrons. The summed E-state index contributed by atoms with van der Waals surface area (Å²) in [7, 11) is 0. The number of thiophene rings is 2. The van der Waals surface area contributed by atoms with E-state index in [4.69, 9.17) is 9.72 Å². The normalized spacial score (nSPS) is 21.3. The third-order valence-electron chi connectivity index (χ3n) is 6.21. The Kier molecular flexibility index (Phi) is 5.56. The lowest BCUT2D eigenvalue weighted by atomic mass is 9.99. The molecule has 2 aliphatic rings. The van der Waals surface area contributed by atoms with Crippen molar-refractivity contribution < 1.29 is 4.74 Å². The van der Waals surface area contributed by atoms with Crippen molar-refractivity contribution in [1.29, 1.82) is 0 Å². The maximum Gasteiger partial charge on any atom is 0.263 e. The van der Waals surface area contributed by atoms with Crippen LogP contribution in [0.3, 0.4) is 0 Å². The molecule has 0 saturated carbocycles. The Morgan fingerprint density at radius 2 is 2.10 bits per heavy atom. The first-order valence-corrected chi connectivity index (χ1v) is 12.3. The van der Waals surface area contributed by atoms with E-state index < -0.39 is 0 Å². The second-order valence-electron chi connectivity index (χ2n) is 8.34. The van der Waals surface area contributed by atoms with Crippen molar-refractivity contribution in [3.63, 3.8) is 0 Å². The Morgan fingerprint density at radius 1 is 1.24 bits per heavy atom. The number of ether oxygens (including phenoxy) is 1. The highest BCUT2D eigenvalue weighted by Gasteiger charge is 2.24. The second-order valence-corrected chi connectivity index (χ2v) is 10.2. The van der Waals surface area contributed by atoms with Crippen LogP contribution in [0, 0.1) is 5.92 Å². The number of aromatic nitrogens is 2. The minimum absolute atomic E-state index is 0.0931. The van der Waals surface area contributed by atoms with Crippen LogP contribution in [0.25, 0.3) is 20.7 Å². The molecule has 2 saturated heterocycles. The van der Waals surface area contributed by atoms with Gasteiger partial charge in [-0.25, -0.2) is 4.98 Å². The molecular weight excluding hydrogens is 402 g/mol. The number of fused-ring (bicyclic) bond motifs is 1. The van der Waals surface area contributed by atoms with Crippen LogP contribution in [0.2, 0.25) is 0 Å². The van der Waals surface area contributed by atoms with Crippen LogP contribution in [0.15, 0.2) is 27.7 Å². The first-order valence-electron chi connectivity index (χ1n) is 10.6. The molecule has 3 aromatic rings. The van der Waals surface area contributed by atoms with Crippen molar-refractivity contribution in [1.82, 2.24) is 14.5 Å². The van der Waals surface area contributed by atoms with Crippen LogP contribution in [-0.4, -0.2) is 40.3 Å². The summed E-state index contributed by atoms with van der Waals surface area (Å²) in [5.74, 6) is 1.69. The number of piperidine rings is 1. The van der Waals surface area contributed by atoms with E-state index in [1.54, 1.807) is 22.7 Å². The lowest BCUT2D eigenvalue weighted by Crippen LogP contribution is -2.37. The summed E-state index contributed by atoms with van der Waals surface area (Å²) < 4.78 is 7.79. The molecule has 1 atom stereocenters. The van der Waals surface area contributed by atoms with Gasteiger partial charge in [-0.2, -0.15) is 0 Å². The minimum atomic E-state index is 0.0931. The average molecular weight is 430 g/mol. The molecule has 0 bridgehead atoms. The van der Waals surface area contributed by atoms with E-state index in [0.717, 1.165) is 71.5 Å². The SMILES string of the molecule is CC1CCN(Cc2nc3scc(-c4cccs4)c3c(=O)n2C[C@@H]2CCCO2)CC1. The van der Waals surface area contributed by atoms with E-state index in [1.165, 1.54) is 12.8 Å². The molecule has 0 spiro atoms. The number of hydrogen-bond donors (Lipinski definition) is 0. The monoisotopic (exact) mass is 429 g/mol. The molecule has 5 heterocycles. The highest BCUT2D eigenvalue weighted by atomic mass is 32.1. The Hall–Kier alpha value is -1.54. The molecule has 5 rings (SSSR count). The van der Waals surface area contributed by atoms with Crippen LogP contribution in [0.1, 0.15) is 38.4 Å². The standard InChI is InChI=1S/C22H27N3O2S2/c1-15-6-8-24(9-7-15)13-19-23-21-20(17(14-29-21)18-5-3-11-28-18)22(26)25(19)12-16-4-2-10-27-16/h3,5,11,14-16H,2,4,6-10,12-13H2,1H3/t16-/m0/s1. The molecule has 0 unspecified atom stereocenters. The molecule has 29 heavy (non-hydrogen) atoms. The predicted molar refractivity (Wildman–Crippen MR) is 120 cm³/mol. The highest BCUT2D eigenvalue weighted by molar-refractivity contribution is 7.18. The van der Waals surface area contributed by atoms with Crippen molar-refractivity contribution in [3.05, 3.63) is 39.1 Å². The summed E-state index contributed by atoms with van der Waals surface area (Å²) in [6.45, 7) is 6.65. The van der Waals surface area contributed by atoms with Crippen LogP contribution in [0.5, 0.6) is 0 Å². The second kappa shape index (κ2) is 8.30. The zero-order valence-electron chi connectivity index (χ0n) is 16.8. The molecule has 2 aliphatic heterocycles. The fourth-order valence-electron chi connectivity index (χ4n) is 4.40. The summed E-state index contributed by atoms with van der Waals surface area (Å²) in [5.41, 5.74) is 1.12. The molecule has 0 aromatic carbocycles. The maximum atomic E-state index is 13.7. The van der Waals surface area contributed by atoms with Crippen LogP contribution in [0.4, 0.5) is 0 Å². The van der Waals surface area contributed by atoms with Gasteiger partial charge in [0.15, 0.2) is 0 Å². The van der Waals surface area contributed by atoms with Gasteiger partial charge in [-0.1, -0.05) is 13.0 Å². The molecule has 0 radical (unpaired) electrons. The molecule has 0 amide bonds. The maximum absolute atomic E-state index is 13.7. The quantitative estimate of drug-likeness (QED) is 0.595. The molecule has 5 nitrogen and oxygen atoms in total. The summed E-state index contributed by atoms with van der Waals surface area (Å²) in [4.78, 5) is 23.1. The Bertz CT molecular complexity index is 1030. The summed E-state index contributed by atoms with van der Waals surface area (Å²) in [6.07, 6.45) is 4.66. The molecule has 0 aliphatic carbocycles. The van der Waals surface area contributed by atoms with Crippen molar-refractivity contribution in [2.75, 3.05) is 19.7 Å². The van der Waals surface area contributed by atoms with Crippen LogP contribution >= 0.6 is 22.7 Å². The Labute approximate surface area is 179 Å². The smallest absolute Gasteiger partial charge is 0.263 e. The van der Waals surface area contributed by atoms with Gasteiger partial charge < -0.3 is 4.74 Å². The number of likely N-dealkylation sites (tertiary alicyclic amines) is 1. The predicted octanol–water partition coefficient (Wildman–Crippen LogP) is 4.60. The van der Waals surface area contributed by atoms with E-state index >= 15 is 0 Å². The van der Waals surface area contributed by atoms with Gasteiger partial charge in [0.25, 0.3) is 5.56 Å². The van der Waals surface area contributed by atoms with Gasteiger partial charge in [0, 0.05) is 22.4 Å². The third-order valence-corrected chi connectivity index (χ3v) is 7.99. The fraction of sp³-hybridized carbons (Fsp3) is 0.545. The van der Waals surface area contributed by atoms with Gasteiger partial charge in [0.2, 0.25) is 0 Å². The Morgan fingerprint density at radius 3 is 2.83 bits per heavy atom. The van der Waals surface area contributed by atoms with Crippen LogP contribution < -0.4 is 5.56 Å². The van der Waals surface area contributed by atoms with E-state index in [2.05, 4.69) is 28.7 Å². The lowest BCUT2D eigenvalue weighted by molar-refractivity contribution is 0.0936. The Balaban J connectivity index is 1.56. The summed E-state index contributed by atoms with van der Waals surface area (Å²) >= 11 is 3.26. The zero-order chi connectivity index (χ0) is 19.8. The zero-order valence-corrected chi connectivity index (χ0v) is 18.4. The summed E-state index contributed by atoms with van der Waals surface area (Å²) in [6, 6.07) is 4.12. The first-order chi connectivity index (χ1) is 14.2. The van der Waals surface area contributed by atoms with Gasteiger partial charge in [0.05, 0.1) is 24.6 Å². The van der Waals surface area contributed by atoms with Gasteiger partial charge in [-0.15, -0.1) is 22.7 Å². The fourth-order valence-corrected chi connectivity index (χ4v) is 6.17. The third kappa shape index (κ3) is 3.93. The van der Waals surface area contributed by atoms with Gasteiger partial charge >= 0.3 is 0 Å². The number of rotatable bonds is 5. The first kappa shape index (κ1) is 19.4. The molecule has 0 N–H and O–H groups in total. The topological polar surface area (TPSA) is 47.4 Å². The highest BCUT2D eigenvalue weighted by Crippen LogP contribution is 2.34. The van der Waals surface area contributed by atoms with E-state index in [0.29, 0.717) is 6.54 Å². The largest absolute Gasteiger partial charge is 0.376 e. The lowest BCUT2D eigenvalue weighted by Gasteiger charge is -2.30.